The lowest BCUT2D eigenvalue weighted by Crippen LogP contribution is -2.46. The zero-order valence-electron chi connectivity index (χ0n) is 22.6. The van der Waals surface area contributed by atoms with Crippen LogP contribution >= 0.6 is 11.6 Å². The summed E-state index contributed by atoms with van der Waals surface area (Å²) in [5.41, 5.74) is 2.59. The van der Waals surface area contributed by atoms with E-state index in [9.17, 15) is 24.2 Å². The monoisotopic (exact) mass is 583 g/mol. The van der Waals surface area contributed by atoms with Crippen LogP contribution in [0.3, 0.4) is 0 Å². The molecule has 1 aromatic heterocycles. The number of fused-ring (bicyclic) bond motifs is 1. The Balaban J connectivity index is 1.31. The van der Waals surface area contributed by atoms with Crippen molar-refractivity contribution in [3.05, 3.63) is 70.1 Å². The number of carbonyl (C=O) groups excluding carboxylic acids is 2. The van der Waals surface area contributed by atoms with Gasteiger partial charge in [0, 0.05) is 29.8 Å². The van der Waals surface area contributed by atoms with Crippen molar-refractivity contribution in [3.63, 3.8) is 0 Å². The molecule has 2 aliphatic rings. The molecule has 12 heteroatoms. The molecule has 3 aromatic rings. The average Bonchev–Trinajstić information content (AvgIpc) is 3.53. The number of amides is 2. The number of aromatic nitrogens is 2. The fourth-order valence-corrected chi connectivity index (χ4v) is 5.47. The molecule has 1 fully saturated rings. The van der Waals surface area contributed by atoms with Crippen molar-refractivity contribution in [2.45, 2.75) is 57.0 Å². The van der Waals surface area contributed by atoms with E-state index >= 15 is 0 Å². The van der Waals surface area contributed by atoms with Gasteiger partial charge in [0.1, 0.15) is 17.6 Å². The number of nitrogens with zero attached hydrogens (tertiary/aromatic N) is 3. The molecule has 1 aliphatic heterocycles. The molecule has 0 spiro atoms. The van der Waals surface area contributed by atoms with Crippen LogP contribution < -0.4 is 15.4 Å². The minimum Gasteiger partial charge on any atom is -0.497 e. The summed E-state index contributed by atoms with van der Waals surface area (Å²) in [5, 5.41) is 26.0. The number of ether oxygens (including phenoxy) is 1. The van der Waals surface area contributed by atoms with Gasteiger partial charge < -0.3 is 30.5 Å². The Bertz CT molecular complexity index is 1470. The summed E-state index contributed by atoms with van der Waals surface area (Å²) in [6.45, 7) is 1.34. The van der Waals surface area contributed by atoms with E-state index in [1.165, 1.54) is 36.4 Å². The molecule has 4 atom stereocenters. The summed E-state index contributed by atoms with van der Waals surface area (Å²) in [6, 6.07) is 7.57. The topological polar surface area (TPSA) is 137 Å². The number of aliphatic hydroxyl groups is 2. The van der Waals surface area contributed by atoms with Crippen molar-refractivity contribution in [2.75, 3.05) is 19.0 Å². The lowest BCUT2D eigenvalue weighted by molar-refractivity contribution is -0.126. The Labute approximate surface area is 241 Å². The molecule has 2 aromatic carbocycles. The summed E-state index contributed by atoms with van der Waals surface area (Å²) in [7, 11) is 1.40. The summed E-state index contributed by atoms with van der Waals surface area (Å²) in [4.78, 5) is 36.8. The van der Waals surface area contributed by atoms with Gasteiger partial charge in [0.05, 0.1) is 42.8 Å². The summed E-state index contributed by atoms with van der Waals surface area (Å²) >= 11 is 6.43. The molecule has 1 aliphatic carbocycles. The number of carbonyl (C=O) groups is 2. The van der Waals surface area contributed by atoms with Crippen LogP contribution in [0.1, 0.15) is 53.7 Å². The van der Waals surface area contributed by atoms with E-state index in [2.05, 4.69) is 20.6 Å². The van der Waals surface area contributed by atoms with E-state index in [0.29, 0.717) is 39.8 Å². The summed E-state index contributed by atoms with van der Waals surface area (Å²) in [5.74, 6) is -0.756. The van der Waals surface area contributed by atoms with Gasteiger partial charge in [0.2, 0.25) is 11.9 Å². The number of rotatable bonds is 9. The van der Waals surface area contributed by atoms with Gasteiger partial charge in [-0.3, -0.25) is 9.59 Å². The molecular formula is C29H31ClFN5O5. The fourth-order valence-electron chi connectivity index (χ4n) is 5.27. The van der Waals surface area contributed by atoms with Crippen LogP contribution in [0, 0.1) is 5.82 Å². The third kappa shape index (κ3) is 6.12. The Morgan fingerprint density at radius 3 is 2.78 bits per heavy atom. The molecule has 0 bridgehead atoms. The largest absolute Gasteiger partial charge is 0.497 e. The van der Waals surface area contributed by atoms with E-state index in [4.69, 9.17) is 16.3 Å². The molecule has 4 N–H and O–H groups in total. The lowest BCUT2D eigenvalue weighted by Gasteiger charge is -2.26. The van der Waals surface area contributed by atoms with E-state index in [1.54, 1.807) is 13.0 Å². The van der Waals surface area contributed by atoms with Crippen molar-refractivity contribution >= 4 is 29.4 Å². The summed E-state index contributed by atoms with van der Waals surface area (Å²) in [6.07, 6.45) is 3.31. The normalized spacial score (nSPS) is 19.6. The molecular weight excluding hydrogens is 553 g/mol. The quantitative estimate of drug-likeness (QED) is 0.301. The van der Waals surface area contributed by atoms with Gasteiger partial charge in [0.25, 0.3) is 5.91 Å². The first-order chi connectivity index (χ1) is 19.7. The van der Waals surface area contributed by atoms with E-state index in [0.717, 1.165) is 18.4 Å². The number of aliphatic hydroxyl groups excluding tert-OH is 2. The molecule has 216 valence electrons. The Kier molecular flexibility index (Phi) is 8.39. The maximum atomic E-state index is 14.0. The highest BCUT2D eigenvalue weighted by Gasteiger charge is 2.35. The number of hydrogen-bond acceptors (Lipinski definition) is 8. The molecule has 41 heavy (non-hydrogen) atoms. The zero-order chi connectivity index (χ0) is 29.3. The van der Waals surface area contributed by atoms with Gasteiger partial charge in [0.15, 0.2) is 0 Å². The number of methoxy groups -OCH3 is 1. The Hall–Kier alpha value is -3.80. The zero-order valence-corrected chi connectivity index (χ0v) is 23.4. The highest BCUT2D eigenvalue weighted by atomic mass is 35.5. The van der Waals surface area contributed by atoms with Crippen LogP contribution in [0.4, 0.5) is 10.3 Å². The Morgan fingerprint density at radius 1 is 1.27 bits per heavy atom. The smallest absolute Gasteiger partial charge is 0.255 e. The lowest BCUT2D eigenvalue weighted by atomic mass is 10.0. The first-order valence-corrected chi connectivity index (χ1v) is 13.7. The molecule has 0 radical (unpaired) electrons. The highest BCUT2D eigenvalue weighted by Crippen LogP contribution is 2.33. The second-order valence-electron chi connectivity index (χ2n) is 10.3. The first kappa shape index (κ1) is 28.7. The fraction of sp³-hybridized carbons (Fsp3) is 0.379. The molecule has 1 saturated carbocycles. The third-order valence-electron chi connectivity index (χ3n) is 7.58. The summed E-state index contributed by atoms with van der Waals surface area (Å²) < 4.78 is 19.1. The molecule has 0 unspecified atom stereocenters. The second kappa shape index (κ2) is 12.0. The highest BCUT2D eigenvalue weighted by molar-refractivity contribution is 6.33. The van der Waals surface area contributed by atoms with Crippen molar-refractivity contribution in [1.82, 2.24) is 20.2 Å². The minimum absolute atomic E-state index is 0.0650. The predicted molar refractivity (Wildman–Crippen MR) is 150 cm³/mol. The molecule has 10 nitrogen and oxygen atoms in total. The molecule has 2 amide bonds. The first-order valence-electron chi connectivity index (χ1n) is 13.3. The van der Waals surface area contributed by atoms with Gasteiger partial charge >= 0.3 is 0 Å². The van der Waals surface area contributed by atoms with Gasteiger partial charge in [-0.25, -0.2) is 14.4 Å². The third-order valence-corrected chi connectivity index (χ3v) is 7.85. The maximum Gasteiger partial charge on any atom is 0.255 e. The number of hydrogen-bond donors (Lipinski definition) is 4. The molecule has 5 rings (SSSR count). The van der Waals surface area contributed by atoms with Gasteiger partial charge in [-0.2, -0.15) is 0 Å². The predicted octanol–water partition coefficient (Wildman–Crippen LogP) is 3.46. The molecule has 0 saturated heterocycles. The van der Waals surface area contributed by atoms with E-state index in [-0.39, 0.29) is 30.3 Å². The number of anilines is 1. The Morgan fingerprint density at radius 2 is 2.07 bits per heavy atom. The van der Waals surface area contributed by atoms with Crippen LogP contribution in [0.15, 0.2) is 42.6 Å². The molecule has 2 heterocycles. The minimum atomic E-state index is -0.892. The SMILES string of the molecule is COc1cc(F)cc([C@@H](CO)NC(=O)[C@@H](C)N2Cc3ccc(-c4nc(N[C@H]5CC[C@H](O)C5)ncc4Cl)cc3C2=O)c1. The van der Waals surface area contributed by atoms with E-state index in [1.807, 2.05) is 12.1 Å². The van der Waals surface area contributed by atoms with Gasteiger partial charge in [-0.05, 0) is 55.5 Å². The van der Waals surface area contributed by atoms with Crippen molar-refractivity contribution in [2.24, 2.45) is 0 Å². The van der Waals surface area contributed by atoms with Crippen LogP contribution in [-0.4, -0.2) is 68.8 Å². The van der Waals surface area contributed by atoms with Crippen LogP contribution in [-0.2, 0) is 11.3 Å². The number of halogens is 2. The van der Waals surface area contributed by atoms with Gasteiger partial charge in [-0.15, -0.1) is 0 Å². The average molecular weight is 584 g/mol. The van der Waals surface area contributed by atoms with E-state index < -0.39 is 30.4 Å². The van der Waals surface area contributed by atoms with Crippen molar-refractivity contribution in [1.29, 1.82) is 0 Å². The van der Waals surface area contributed by atoms with Crippen molar-refractivity contribution in [3.8, 4) is 17.0 Å². The van der Waals surface area contributed by atoms with Crippen LogP contribution in [0.25, 0.3) is 11.3 Å². The van der Waals surface area contributed by atoms with Crippen LogP contribution in [0.5, 0.6) is 5.75 Å². The number of nitrogens with one attached hydrogen (secondary N) is 2. The second-order valence-corrected chi connectivity index (χ2v) is 10.8. The maximum absolute atomic E-state index is 14.0. The number of benzene rings is 2. The van der Waals surface area contributed by atoms with Crippen LogP contribution in [0.2, 0.25) is 5.02 Å². The van der Waals surface area contributed by atoms with Gasteiger partial charge in [-0.1, -0.05) is 23.7 Å². The van der Waals surface area contributed by atoms with Crippen molar-refractivity contribution < 1.29 is 28.9 Å². The standard InChI is InChI=1S/C29H31ClFN5O5/c1-15(27(39)34-25(14-37)18-7-19(31)10-22(8-18)41-2)36-13-17-4-3-16(9-23(17)28(36)40)26-24(30)12-32-29(35-26)33-20-5-6-21(38)11-20/h3-4,7-10,12,15,20-21,25,37-38H,5-6,11,13-14H2,1-2H3,(H,34,39)(H,32,33,35)/t15-,20+,21+,25-/m1/s1.